The fraction of sp³-hybridized carbons (Fsp3) is 0.188. The molecule has 0 fully saturated rings. The second-order valence-corrected chi connectivity index (χ2v) is 4.60. The third kappa shape index (κ3) is 2.37. The van der Waals surface area contributed by atoms with Gasteiger partial charge in [0.25, 0.3) is 0 Å². The van der Waals surface area contributed by atoms with Crippen LogP contribution in [0, 0.1) is 0 Å². The van der Waals surface area contributed by atoms with Crippen molar-refractivity contribution in [2.75, 3.05) is 6.54 Å². The van der Waals surface area contributed by atoms with Crippen molar-refractivity contribution in [1.29, 1.82) is 0 Å². The number of nitrogens with zero attached hydrogens (tertiary/aromatic N) is 1. The number of benzene rings is 2. The zero-order valence-corrected chi connectivity index (χ0v) is 10.7. The topological polar surface area (TPSA) is 52.0 Å². The van der Waals surface area contributed by atoms with Gasteiger partial charge in [0.15, 0.2) is 5.58 Å². The Hall–Kier alpha value is -2.13. The lowest BCUT2D eigenvalue weighted by Gasteiger charge is -2.01. The van der Waals surface area contributed by atoms with E-state index in [1.165, 1.54) is 11.1 Å². The van der Waals surface area contributed by atoms with E-state index in [-0.39, 0.29) is 0 Å². The maximum Gasteiger partial charge on any atom is 0.167 e. The van der Waals surface area contributed by atoms with Gasteiger partial charge in [-0.2, -0.15) is 0 Å². The number of hydrogen-bond donors (Lipinski definition) is 1. The normalized spacial score (nSPS) is 11.0. The molecule has 2 aromatic carbocycles. The molecule has 96 valence electrons. The van der Waals surface area contributed by atoms with Crippen LogP contribution < -0.4 is 5.73 Å². The lowest BCUT2D eigenvalue weighted by molar-refractivity contribution is 0.445. The molecule has 0 aliphatic carbocycles. The highest BCUT2D eigenvalue weighted by Crippen LogP contribution is 2.26. The van der Waals surface area contributed by atoms with Gasteiger partial charge in [-0.05, 0) is 42.6 Å². The predicted octanol–water partition coefficient (Wildman–Crippen LogP) is 3.39. The van der Waals surface area contributed by atoms with E-state index in [1.807, 2.05) is 24.3 Å². The smallest absolute Gasteiger partial charge is 0.167 e. The second-order valence-electron chi connectivity index (χ2n) is 4.60. The number of fused-ring (bicyclic) bond motifs is 1. The average molecular weight is 252 g/mol. The monoisotopic (exact) mass is 252 g/mol. The quantitative estimate of drug-likeness (QED) is 0.774. The third-order valence-corrected chi connectivity index (χ3v) is 3.27. The van der Waals surface area contributed by atoms with E-state index >= 15 is 0 Å². The molecule has 2 N–H and O–H groups in total. The summed E-state index contributed by atoms with van der Waals surface area (Å²) in [6, 6.07) is 16.5. The molecule has 3 aromatic rings. The van der Waals surface area contributed by atoms with Gasteiger partial charge in [-0.25, -0.2) is 0 Å². The molecule has 0 atom stereocenters. The van der Waals surface area contributed by atoms with Crippen molar-refractivity contribution in [2.45, 2.75) is 12.8 Å². The molecular formula is C16H16N2O. The van der Waals surface area contributed by atoms with E-state index in [9.17, 15) is 0 Å². The Morgan fingerprint density at radius 3 is 2.63 bits per heavy atom. The fourth-order valence-electron chi connectivity index (χ4n) is 2.25. The lowest BCUT2D eigenvalue weighted by Crippen LogP contribution is -2.00. The van der Waals surface area contributed by atoms with Crippen molar-refractivity contribution >= 4 is 11.0 Å². The number of nitrogens with two attached hydrogens (primary N) is 1. The van der Waals surface area contributed by atoms with Gasteiger partial charge < -0.3 is 10.3 Å². The molecule has 19 heavy (non-hydrogen) atoms. The first-order valence-electron chi connectivity index (χ1n) is 6.52. The van der Waals surface area contributed by atoms with Gasteiger partial charge >= 0.3 is 0 Å². The largest absolute Gasteiger partial charge is 0.356 e. The standard InChI is InChI=1S/C16H16N2O/c17-10-4-7-15-14-11-13(8-9-16(14)19-18-15)12-5-2-1-3-6-12/h1-3,5-6,8-9,11H,4,7,10,17H2. The summed E-state index contributed by atoms with van der Waals surface area (Å²) in [4.78, 5) is 0. The van der Waals surface area contributed by atoms with Gasteiger partial charge in [-0.3, -0.25) is 0 Å². The zero-order valence-electron chi connectivity index (χ0n) is 10.7. The van der Waals surface area contributed by atoms with Crippen LogP contribution in [0.3, 0.4) is 0 Å². The summed E-state index contributed by atoms with van der Waals surface area (Å²) in [6.07, 6.45) is 1.79. The van der Waals surface area contributed by atoms with E-state index in [0.29, 0.717) is 6.54 Å². The molecule has 1 aromatic heterocycles. The first-order chi connectivity index (χ1) is 9.38. The Kier molecular flexibility index (Phi) is 3.29. The maximum absolute atomic E-state index is 5.55. The number of rotatable bonds is 4. The number of hydrogen-bond acceptors (Lipinski definition) is 3. The van der Waals surface area contributed by atoms with Crippen LogP contribution in [0.2, 0.25) is 0 Å². The van der Waals surface area contributed by atoms with Crippen molar-refractivity contribution < 1.29 is 4.52 Å². The molecular weight excluding hydrogens is 236 g/mol. The average Bonchev–Trinajstić information content (AvgIpc) is 2.88. The van der Waals surface area contributed by atoms with Crippen molar-refractivity contribution in [3.8, 4) is 11.1 Å². The molecule has 0 aliphatic heterocycles. The first-order valence-corrected chi connectivity index (χ1v) is 6.52. The molecule has 0 radical (unpaired) electrons. The SMILES string of the molecule is NCCCc1noc2ccc(-c3ccccc3)cc12. The van der Waals surface area contributed by atoms with Crippen LogP contribution in [0.25, 0.3) is 22.1 Å². The predicted molar refractivity (Wildman–Crippen MR) is 76.8 cm³/mol. The molecule has 3 heteroatoms. The second kappa shape index (κ2) is 5.24. The van der Waals surface area contributed by atoms with Gasteiger partial charge in [0.1, 0.15) is 0 Å². The molecule has 0 saturated carbocycles. The highest BCUT2D eigenvalue weighted by atomic mass is 16.5. The Morgan fingerprint density at radius 2 is 1.84 bits per heavy atom. The molecule has 0 aliphatic rings. The summed E-state index contributed by atoms with van der Waals surface area (Å²) in [5, 5.41) is 5.23. The van der Waals surface area contributed by atoms with Crippen LogP contribution in [0.4, 0.5) is 0 Å². The highest BCUT2D eigenvalue weighted by molar-refractivity contribution is 5.85. The summed E-state index contributed by atoms with van der Waals surface area (Å²) in [5.41, 5.74) is 9.78. The van der Waals surface area contributed by atoms with Crippen molar-refractivity contribution in [2.24, 2.45) is 5.73 Å². The van der Waals surface area contributed by atoms with E-state index in [4.69, 9.17) is 10.3 Å². The summed E-state index contributed by atoms with van der Waals surface area (Å²) in [7, 11) is 0. The molecule has 0 saturated heterocycles. The van der Waals surface area contributed by atoms with Crippen molar-refractivity contribution in [3.63, 3.8) is 0 Å². The minimum absolute atomic E-state index is 0.673. The summed E-state index contributed by atoms with van der Waals surface area (Å²) >= 11 is 0. The molecule has 3 nitrogen and oxygen atoms in total. The molecule has 0 amide bonds. The first kappa shape index (κ1) is 11.9. The number of aryl methyl sites for hydroxylation is 1. The molecule has 0 bridgehead atoms. The molecule has 0 unspecified atom stereocenters. The van der Waals surface area contributed by atoms with E-state index in [0.717, 1.165) is 29.5 Å². The maximum atomic E-state index is 5.55. The molecule has 3 rings (SSSR count). The fourth-order valence-corrected chi connectivity index (χ4v) is 2.25. The molecule has 0 spiro atoms. The van der Waals surface area contributed by atoms with E-state index < -0.39 is 0 Å². The lowest BCUT2D eigenvalue weighted by atomic mass is 10.0. The Balaban J connectivity index is 2.04. The third-order valence-electron chi connectivity index (χ3n) is 3.27. The summed E-state index contributed by atoms with van der Waals surface area (Å²) in [6.45, 7) is 0.673. The van der Waals surface area contributed by atoms with Crippen LogP contribution in [0.1, 0.15) is 12.1 Å². The highest BCUT2D eigenvalue weighted by Gasteiger charge is 2.09. The Bertz CT molecular complexity index is 674. The van der Waals surface area contributed by atoms with Gasteiger partial charge in [0.2, 0.25) is 0 Å². The van der Waals surface area contributed by atoms with Gasteiger partial charge in [-0.15, -0.1) is 0 Å². The zero-order chi connectivity index (χ0) is 13.1. The van der Waals surface area contributed by atoms with Crippen molar-refractivity contribution in [3.05, 3.63) is 54.2 Å². The van der Waals surface area contributed by atoms with Gasteiger partial charge in [0.05, 0.1) is 5.69 Å². The van der Waals surface area contributed by atoms with E-state index in [1.54, 1.807) is 0 Å². The summed E-state index contributed by atoms with van der Waals surface area (Å²) in [5.74, 6) is 0. The van der Waals surface area contributed by atoms with Gasteiger partial charge in [0, 0.05) is 5.39 Å². The molecule has 1 heterocycles. The van der Waals surface area contributed by atoms with Crippen LogP contribution in [-0.4, -0.2) is 11.7 Å². The van der Waals surface area contributed by atoms with Crippen LogP contribution >= 0.6 is 0 Å². The Morgan fingerprint density at radius 1 is 1.00 bits per heavy atom. The van der Waals surface area contributed by atoms with Gasteiger partial charge in [-0.1, -0.05) is 41.6 Å². The summed E-state index contributed by atoms with van der Waals surface area (Å²) < 4.78 is 5.35. The number of aromatic nitrogens is 1. The van der Waals surface area contributed by atoms with E-state index in [2.05, 4.69) is 29.4 Å². The minimum atomic E-state index is 0.673. The van der Waals surface area contributed by atoms with Crippen LogP contribution in [0.5, 0.6) is 0 Å². The Labute approximate surface area is 112 Å². The van der Waals surface area contributed by atoms with Crippen molar-refractivity contribution in [1.82, 2.24) is 5.16 Å². The van der Waals surface area contributed by atoms with Crippen LogP contribution in [0.15, 0.2) is 53.1 Å². The minimum Gasteiger partial charge on any atom is -0.356 e. The van der Waals surface area contributed by atoms with Crippen LogP contribution in [-0.2, 0) is 6.42 Å².